The van der Waals surface area contributed by atoms with E-state index in [9.17, 15) is 14.0 Å². The first-order valence-electron chi connectivity index (χ1n) is 5.81. The zero-order valence-electron chi connectivity index (χ0n) is 10.5. The van der Waals surface area contributed by atoms with Gasteiger partial charge < -0.3 is 14.8 Å². The molecule has 2 aromatic rings. The van der Waals surface area contributed by atoms with E-state index in [-0.39, 0.29) is 11.6 Å². The molecule has 2 N–H and O–H groups in total. The number of hydrogen-bond donors (Lipinski definition) is 2. The molecule has 0 spiro atoms. The summed E-state index contributed by atoms with van der Waals surface area (Å²) in [5.41, 5.74) is -1.03. The summed E-state index contributed by atoms with van der Waals surface area (Å²) in [4.78, 5) is 28.9. The first-order valence-corrected chi connectivity index (χ1v) is 5.81. The first-order chi connectivity index (χ1) is 9.51. The lowest BCUT2D eigenvalue weighted by molar-refractivity contribution is 0.0689. The van der Waals surface area contributed by atoms with Gasteiger partial charge in [0, 0.05) is 6.42 Å². The molecule has 20 heavy (non-hydrogen) atoms. The largest absolute Gasteiger partial charge is 0.477 e. The molecular formula is C13H11FN2O4. The number of carboxylic acids is 1. The van der Waals surface area contributed by atoms with E-state index in [1.165, 1.54) is 12.1 Å². The van der Waals surface area contributed by atoms with Gasteiger partial charge in [0.25, 0.3) is 5.56 Å². The number of benzene rings is 1. The fourth-order valence-electron chi connectivity index (χ4n) is 1.61. The summed E-state index contributed by atoms with van der Waals surface area (Å²) >= 11 is 0. The number of aryl methyl sites for hydroxylation is 1. The lowest BCUT2D eigenvalue weighted by atomic mass is 10.2. The van der Waals surface area contributed by atoms with Gasteiger partial charge in [0.05, 0.1) is 6.07 Å². The number of nitrogens with one attached hydrogen (secondary N) is 1. The maximum Gasteiger partial charge on any atom is 0.342 e. The van der Waals surface area contributed by atoms with E-state index in [4.69, 9.17) is 9.84 Å². The molecule has 1 aromatic heterocycles. The van der Waals surface area contributed by atoms with Gasteiger partial charge in [-0.3, -0.25) is 4.79 Å². The molecule has 2 rings (SSSR count). The fourth-order valence-corrected chi connectivity index (χ4v) is 1.61. The lowest BCUT2D eigenvalue weighted by Crippen LogP contribution is -2.11. The van der Waals surface area contributed by atoms with Gasteiger partial charge in [-0.05, 0) is 12.1 Å². The minimum Gasteiger partial charge on any atom is -0.477 e. The van der Waals surface area contributed by atoms with E-state index in [0.717, 1.165) is 12.1 Å². The fraction of sp³-hybridized carbons (Fsp3) is 0.154. The summed E-state index contributed by atoms with van der Waals surface area (Å²) in [6, 6.07) is 4.68. The van der Waals surface area contributed by atoms with E-state index >= 15 is 0 Å². The molecule has 0 bridgehead atoms. The van der Waals surface area contributed by atoms with Gasteiger partial charge >= 0.3 is 5.97 Å². The monoisotopic (exact) mass is 278 g/mol. The molecule has 0 amide bonds. The molecule has 0 unspecified atom stereocenters. The van der Waals surface area contributed by atoms with Gasteiger partial charge in [-0.2, -0.15) is 4.98 Å². The van der Waals surface area contributed by atoms with Crippen molar-refractivity contribution in [1.82, 2.24) is 9.97 Å². The van der Waals surface area contributed by atoms with E-state index in [1.807, 2.05) is 0 Å². The second kappa shape index (κ2) is 5.52. The average Bonchev–Trinajstić information content (AvgIpc) is 2.37. The Morgan fingerprint density at radius 3 is 2.90 bits per heavy atom. The number of H-pyrrole nitrogens is 1. The highest BCUT2D eigenvalue weighted by Gasteiger charge is 2.18. The van der Waals surface area contributed by atoms with E-state index in [2.05, 4.69) is 9.97 Å². The van der Waals surface area contributed by atoms with E-state index in [1.54, 1.807) is 6.92 Å². The van der Waals surface area contributed by atoms with Gasteiger partial charge in [-0.25, -0.2) is 9.18 Å². The number of rotatable bonds is 4. The summed E-state index contributed by atoms with van der Waals surface area (Å²) in [6.07, 6.45) is 0.474. The molecular weight excluding hydrogens is 267 g/mol. The Morgan fingerprint density at radius 2 is 2.25 bits per heavy atom. The molecule has 1 heterocycles. The van der Waals surface area contributed by atoms with E-state index < -0.39 is 22.9 Å². The summed E-state index contributed by atoms with van der Waals surface area (Å²) in [6.45, 7) is 1.78. The van der Waals surface area contributed by atoms with Crippen LogP contribution < -0.4 is 10.3 Å². The van der Waals surface area contributed by atoms with Crippen LogP contribution in [0.2, 0.25) is 0 Å². The Kier molecular flexibility index (Phi) is 3.79. The van der Waals surface area contributed by atoms with Crippen LogP contribution in [0.1, 0.15) is 23.1 Å². The van der Waals surface area contributed by atoms with Gasteiger partial charge in [0.2, 0.25) is 5.88 Å². The quantitative estimate of drug-likeness (QED) is 0.891. The number of hydrogen-bond acceptors (Lipinski definition) is 4. The Labute approximate surface area is 112 Å². The van der Waals surface area contributed by atoms with Crippen molar-refractivity contribution >= 4 is 5.97 Å². The van der Waals surface area contributed by atoms with Crippen LogP contribution in [0.15, 0.2) is 29.1 Å². The van der Waals surface area contributed by atoms with Crippen LogP contribution >= 0.6 is 0 Å². The maximum absolute atomic E-state index is 13.5. The number of carbonyl (C=O) groups is 1. The van der Waals surface area contributed by atoms with Crippen LogP contribution in [-0.2, 0) is 6.42 Å². The van der Waals surface area contributed by atoms with Crippen molar-refractivity contribution in [2.75, 3.05) is 0 Å². The Balaban J connectivity index is 2.45. The number of aromatic nitrogens is 2. The molecule has 0 atom stereocenters. The molecule has 104 valence electrons. The number of ether oxygens (including phenoxy) is 1. The maximum atomic E-state index is 13.5. The topological polar surface area (TPSA) is 92.3 Å². The third kappa shape index (κ3) is 2.82. The zero-order valence-corrected chi connectivity index (χ0v) is 10.5. The number of halogens is 1. The summed E-state index contributed by atoms with van der Waals surface area (Å²) in [5, 5.41) is 8.97. The average molecular weight is 278 g/mol. The van der Waals surface area contributed by atoms with Crippen LogP contribution in [0.25, 0.3) is 0 Å². The SMILES string of the molecule is CCc1nc(Oc2cccc(F)c2C(=O)O)cc(=O)[nH]1. The second-order valence-corrected chi connectivity index (χ2v) is 3.90. The third-order valence-electron chi connectivity index (χ3n) is 2.51. The lowest BCUT2D eigenvalue weighted by Gasteiger charge is -2.08. The van der Waals surface area contributed by atoms with Crippen molar-refractivity contribution < 1.29 is 19.0 Å². The molecule has 0 radical (unpaired) electrons. The molecule has 0 saturated carbocycles. The molecule has 6 nitrogen and oxygen atoms in total. The molecule has 1 aromatic carbocycles. The molecule has 0 aliphatic carbocycles. The molecule has 7 heteroatoms. The predicted molar refractivity (Wildman–Crippen MR) is 67.7 cm³/mol. The van der Waals surface area contributed by atoms with Crippen LogP contribution in [0, 0.1) is 5.82 Å². The standard InChI is InChI=1S/C13H11FN2O4/c1-2-9-15-10(17)6-11(16-9)20-8-5-3-4-7(14)12(8)13(18)19/h3-6H,2H2,1H3,(H,18,19)(H,15,16,17). The normalized spacial score (nSPS) is 10.3. The minimum atomic E-state index is -1.46. The first kappa shape index (κ1) is 13.7. The van der Waals surface area contributed by atoms with Crippen molar-refractivity contribution in [1.29, 1.82) is 0 Å². The van der Waals surface area contributed by atoms with Crippen molar-refractivity contribution in [3.8, 4) is 11.6 Å². The third-order valence-corrected chi connectivity index (χ3v) is 2.51. The molecule has 0 fully saturated rings. The summed E-state index contributed by atoms with van der Waals surface area (Å²) < 4.78 is 18.7. The number of nitrogens with zero attached hydrogens (tertiary/aromatic N) is 1. The highest BCUT2D eigenvalue weighted by molar-refractivity contribution is 5.91. The summed E-state index contributed by atoms with van der Waals surface area (Å²) in [7, 11) is 0. The van der Waals surface area contributed by atoms with Crippen LogP contribution in [0.5, 0.6) is 11.6 Å². The van der Waals surface area contributed by atoms with Gasteiger partial charge in [0.1, 0.15) is 23.0 Å². The van der Waals surface area contributed by atoms with Crippen LogP contribution in [0.3, 0.4) is 0 Å². The predicted octanol–water partition coefficient (Wildman–Crippen LogP) is 1.96. The van der Waals surface area contributed by atoms with Crippen molar-refractivity contribution in [2.45, 2.75) is 13.3 Å². The molecule has 0 aliphatic rings. The Bertz CT molecular complexity index is 712. The van der Waals surface area contributed by atoms with Crippen molar-refractivity contribution in [3.63, 3.8) is 0 Å². The second-order valence-electron chi connectivity index (χ2n) is 3.90. The molecule has 0 saturated heterocycles. The van der Waals surface area contributed by atoms with Crippen LogP contribution in [-0.4, -0.2) is 21.0 Å². The van der Waals surface area contributed by atoms with Gasteiger partial charge in [-0.1, -0.05) is 13.0 Å². The highest BCUT2D eigenvalue weighted by Crippen LogP contribution is 2.25. The zero-order chi connectivity index (χ0) is 14.7. The number of aromatic carboxylic acids is 1. The van der Waals surface area contributed by atoms with E-state index in [0.29, 0.717) is 12.2 Å². The van der Waals surface area contributed by atoms with Crippen LogP contribution in [0.4, 0.5) is 4.39 Å². The minimum absolute atomic E-state index is 0.0845. The van der Waals surface area contributed by atoms with Gasteiger partial charge in [0.15, 0.2) is 0 Å². The Morgan fingerprint density at radius 1 is 1.50 bits per heavy atom. The molecule has 0 aliphatic heterocycles. The highest BCUT2D eigenvalue weighted by atomic mass is 19.1. The van der Waals surface area contributed by atoms with Crippen molar-refractivity contribution in [3.05, 3.63) is 51.8 Å². The van der Waals surface area contributed by atoms with Crippen molar-refractivity contribution in [2.24, 2.45) is 0 Å². The smallest absolute Gasteiger partial charge is 0.342 e. The number of carboxylic acid groups (broad SMARTS) is 1. The summed E-state index contributed by atoms with van der Waals surface area (Å²) in [5.74, 6) is -2.29. The number of aromatic amines is 1. The Hall–Kier alpha value is -2.70. The van der Waals surface area contributed by atoms with Gasteiger partial charge in [-0.15, -0.1) is 0 Å².